The summed E-state index contributed by atoms with van der Waals surface area (Å²) in [5.74, 6) is 0. The Morgan fingerprint density at radius 2 is 1.56 bits per heavy atom. The van der Waals surface area contributed by atoms with Gasteiger partial charge < -0.3 is 5.32 Å². The van der Waals surface area contributed by atoms with Crippen molar-refractivity contribution in [2.24, 2.45) is 0 Å². The van der Waals surface area contributed by atoms with Crippen molar-refractivity contribution in [3.05, 3.63) is 65.2 Å². The molecule has 3 heteroatoms. The van der Waals surface area contributed by atoms with Crippen LogP contribution in [0.3, 0.4) is 0 Å². The lowest BCUT2D eigenvalue weighted by Gasteiger charge is -2.07. The van der Waals surface area contributed by atoms with Crippen LogP contribution in [0.15, 0.2) is 65.2 Å². The second-order valence-corrected chi connectivity index (χ2v) is 4.56. The molecule has 2 rings (SSSR count). The van der Waals surface area contributed by atoms with E-state index < -0.39 is 0 Å². The summed E-state index contributed by atoms with van der Waals surface area (Å²) in [7, 11) is 0. The van der Waals surface area contributed by atoms with Crippen LogP contribution in [0.1, 0.15) is 0 Å². The van der Waals surface area contributed by atoms with E-state index in [1.54, 1.807) is 0 Å². The fraction of sp³-hybridized carbons (Fsp3) is 0.0667. The molecule has 18 heavy (non-hydrogen) atoms. The topological polar surface area (TPSA) is 12.0 Å². The van der Waals surface area contributed by atoms with Crippen molar-refractivity contribution in [3.63, 3.8) is 0 Å². The first-order chi connectivity index (χ1) is 8.79. The molecule has 2 aromatic rings. The maximum atomic E-state index is 5.81. The number of hydrogen-bond donors (Lipinski definition) is 1. The molecule has 0 heterocycles. The number of nitrogens with one attached hydrogen (secondary N) is 1. The molecule has 0 aliphatic heterocycles. The predicted octanol–water partition coefficient (Wildman–Crippen LogP) is 5.08. The monoisotopic (exact) mass is 277 g/mol. The van der Waals surface area contributed by atoms with Gasteiger partial charge in [-0.3, -0.25) is 0 Å². The summed E-state index contributed by atoms with van der Waals surface area (Å²) in [6, 6.07) is 18.5. The first-order valence-electron chi connectivity index (χ1n) is 5.64. The van der Waals surface area contributed by atoms with E-state index >= 15 is 0 Å². The van der Waals surface area contributed by atoms with Gasteiger partial charge in [-0.05, 0) is 23.3 Å². The third-order valence-electron chi connectivity index (χ3n) is 2.57. The van der Waals surface area contributed by atoms with E-state index in [-0.39, 0.29) is 0 Å². The Hall–Kier alpha value is -1.44. The van der Waals surface area contributed by atoms with Crippen LogP contribution in [0.5, 0.6) is 0 Å². The lowest BCUT2D eigenvalue weighted by atomic mass is 10.1. The molecule has 0 saturated carbocycles. The van der Waals surface area contributed by atoms with Crippen LogP contribution in [-0.4, -0.2) is 6.54 Å². The Bertz CT molecular complexity index is 518. The summed E-state index contributed by atoms with van der Waals surface area (Å²) < 4.78 is 0. The third-order valence-corrected chi connectivity index (χ3v) is 3.19. The highest BCUT2D eigenvalue weighted by molar-refractivity contribution is 6.36. The SMILES string of the molecule is ClC=C(Cl)CNc1ccc(-c2ccccc2)cc1. The Labute approximate surface area is 117 Å². The normalized spacial score (nSPS) is 11.3. The van der Waals surface area contributed by atoms with E-state index in [4.69, 9.17) is 23.2 Å². The highest BCUT2D eigenvalue weighted by Crippen LogP contribution is 2.21. The molecule has 1 nitrogen and oxygen atoms in total. The minimum atomic E-state index is 0.537. The first kappa shape index (κ1) is 13.0. The molecule has 1 N–H and O–H groups in total. The molecule has 0 saturated heterocycles. The Kier molecular flexibility index (Phi) is 4.68. The van der Waals surface area contributed by atoms with E-state index in [0.717, 1.165) is 5.69 Å². The standard InChI is InChI=1S/C15H13Cl2N/c16-10-14(17)11-18-15-8-6-13(7-9-15)12-4-2-1-3-5-12/h1-10,18H,11H2. The Morgan fingerprint density at radius 1 is 0.944 bits per heavy atom. The summed E-state index contributed by atoms with van der Waals surface area (Å²) in [5, 5.41) is 3.78. The van der Waals surface area contributed by atoms with Crippen molar-refractivity contribution in [1.29, 1.82) is 0 Å². The zero-order valence-corrected chi connectivity index (χ0v) is 11.2. The zero-order chi connectivity index (χ0) is 12.8. The molecule has 0 amide bonds. The van der Waals surface area contributed by atoms with Gasteiger partial charge in [-0.25, -0.2) is 0 Å². The summed E-state index contributed by atoms with van der Waals surface area (Å²) in [4.78, 5) is 0. The van der Waals surface area contributed by atoms with Gasteiger partial charge in [-0.1, -0.05) is 65.7 Å². The number of halogens is 2. The van der Waals surface area contributed by atoms with Gasteiger partial charge in [-0.15, -0.1) is 0 Å². The van der Waals surface area contributed by atoms with E-state index in [0.29, 0.717) is 11.6 Å². The molecular weight excluding hydrogens is 265 g/mol. The highest BCUT2D eigenvalue weighted by atomic mass is 35.5. The molecule has 0 aromatic heterocycles. The van der Waals surface area contributed by atoms with E-state index in [1.165, 1.54) is 16.7 Å². The first-order valence-corrected chi connectivity index (χ1v) is 6.45. The van der Waals surface area contributed by atoms with Crippen LogP contribution >= 0.6 is 23.2 Å². The zero-order valence-electron chi connectivity index (χ0n) is 9.74. The molecule has 2 aromatic carbocycles. The van der Waals surface area contributed by atoms with Crippen LogP contribution in [0.25, 0.3) is 11.1 Å². The average Bonchev–Trinajstić information content (AvgIpc) is 2.46. The molecule has 0 spiro atoms. The van der Waals surface area contributed by atoms with Crippen molar-refractivity contribution >= 4 is 28.9 Å². The fourth-order valence-electron chi connectivity index (χ4n) is 1.64. The van der Waals surface area contributed by atoms with Gasteiger partial charge >= 0.3 is 0 Å². The summed E-state index contributed by atoms with van der Waals surface area (Å²) in [5.41, 5.74) is 4.79. The summed E-state index contributed by atoms with van der Waals surface area (Å²) >= 11 is 11.3. The molecule has 0 atom stereocenters. The van der Waals surface area contributed by atoms with Crippen LogP contribution in [-0.2, 0) is 0 Å². The molecule has 92 valence electrons. The minimum absolute atomic E-state index is 0.537. The van der Waals surface area contributed by atoms with E-state index in [1.807, 2.05) is 30.3 Å². The Morgan fingerprint density at radius 3 is 2.17 bits per heavy atom. The maximum absolute atomic E-state index is 5.81. The predicted molar refractivity (Wildman–Crippen MR) is 80.2 cm³/mol. The molecule has 0 aliphatic carbocycles. The summed E-state index contributed by atoms with van der Waals surface area (Å²) in [6.07, 6.45) is 0. The second-order valence-electron chi connectivity index (χ2n) is 3.85. The maximum Gasteiger partial charge on any atom is 0.0516 e. The van der Waals surface area contributed by atoms with Gasteiger partial charge in [0.1, 0.15) is 0 Å². The van der Waals surface area contributed by atoms with Crippen LogP contribution in [0.2, 0.25) is 0 Å². The van der Waals surface area contributed by atoms with Crippen molar-refractivity contribution in [2.75, 3.05) is 11.9 Å². The molecule has 0 aliphatic rings. The van der Waals surface area contributed by atoms with Crippen molar-refractivity contribution in [1.82, 2.24) is 0 Å². The third kappa shape index (κ3) is 3.52. The minimum Gasteiger partial charge on any atom is -0.380 e. The van der Waals surface area contributed by atoms with Crippen LogP contribution < -0.4 is 5.32 Å². The van der Waals surface area contributed by atoms with E-state index in [2.05, 4.69) is 29.6 Å². The smallest absolute Gasteiger partial charge is 0.0516 e. The quantitative estimate of drug-likeness (QED) is 0.821. The van der Waals surface area contributed by atoms with Crippen molar-refractivity contribution < 1.29 is 0 Å². The second kappa shape index (κ2) is 6.48. The lowest BCUT2D eigenvalue weighted by molar-refractivity contribution is 1.31. The van der Waals surface area contributed by atoms with Gasteiger partial charge in [0.2, 0.25) is 0 Å². The molecule has 0 unspecified atom stereocenters. The van der Waals surface area contributed by atoms with E-state index in [9.17, 15) is 0 Å². The van der Waals surface area contributed by atoms with Crippen molar-refractivity contribution in [3.8, 4) is 11.1 Å². The van der Waals surface area contributed by atoms with Gasteiger partial charge in [-0.2, -0.15) is 0 Å². The number of benzene rings is 2. The van der Waals surface area contributed by atoms with Crippen LogP contribution in [0.4, 0.5) is 5.69 Å². The number of rotatable bonds is 4. The lowest BCUT2D eigenvalue weighted by Crippen LogP contribution is -2.00. The summed E-state index contributed by atoms with van der Waals surface area (Å²) in [6.45, 7) is 0.537. The molecule has 0 fully saturated rings. The molecule has 0 bridgehead atoms. The van der Waals surface area contributed by atoms with Gasteiger partial charge in [0.15, 0.2) is 0 Å². The highest BCUT2D eigenvalue weighted by Gasteiger charge is 1.97. The largest absolute Gasteiger partial charge is 0.380 e. The molecular formula is C15H13Cl2N. The Balaban J connectivity index is 2.06. The van der Waals surface area contributed by atoms with Crippen molar-refractivity contribution in [2.45, 2.75) is 0 Å². The number of hydrogen-bond acceptors (Lipinski definition) is 1. The number of anilines is 1. The van der Waals surface area contributed by atoms with Gasteiger partial charge in [0, 0.05) is 16.3 Å². The molecule has 0 radical (unpaired) electrons. The van der Waals surface area contributed by atoms with Gasteiger partial charge in [0.25, 0.3) is 0 Å². The fourth-order valence-corrected chi connectivity index (χ4v) is 1.78. The van der Waals surface area contributed by atoms with Gasteiger partial charge in [0.05, 0.1) is 6.54 Å². The average molecular weight is 278 g/mol. The van der Waals surface area contributed by atoms with Crippen LogP contribution in [0, 0.1) is 0 Å².